The van der Waals surface area contributed by atoms with Crippen LogP contribution < -0.4 is 15.4 Å². The lowest BCUT2D eigenvalue weighted by Crippen LogP contribution is -2.18. The van der Waals surface area contributed by atoms with E-state index in [0.717, 1.165) is 17.7 Å². The highest BCUT2D eigenvalue weighted by molar-refractivity contribution is 6.30. The summed E-state index contributed by atoms with van der Waals surface area (Å²) in [6.07, 6.45) is 2.15. The van der Waals surface area contributed by atoms with Crippen molar-refractivity contribution in [2.24, 2.45) is 0 Å². The van der Waals surface area contributed by atoms with E-state index in [2.05, 4.69) is 10.6 Å². The summed E-state index contributed by atoms with van der Waals surface area (Å²) in [6, 6.07) is 25.8. The Bertz CT molecular complexity index is 1060. The highest BCUT2D eigenvalue weighted by Gasteiger charge is 2.09. The lowest BCUT2D eigenvalue weighted by Gasteiger charge is -2.08. The number of carbonyl (C=O) groups is 1. The smallest absolute Gasteiger partial charge is 0.267 e. The van der Waals surface area contributed by atoms with Gasteiger partial charge >= 0.3 is 0 Å². The van der Waals surface area contributed by atoms with E-state index in [-0.39, 0.29) is 5.57 Å². The second-order valence-corrected chi connectivity index (χ2v) is 6.83. The van der Waals surface area contributed by atoms with Gasteiger partial charge in [-0.1, -0.05) is 41.9 Å². The summed E-state index contributed by atoms with van der Waals surface area (Å²) in [4.78, 5) is 12.3. The van der Waals surface area contributed by atoms with Gasteiger partial charge in [0, 0.05) is 23.5 Å². The van der Waals surface area contributed by atoms with Gasteiger partial charge in [-0.3, -0.25) is 4.79 Å². The number of carbonyl (C=O) groups excluding carboxylic acids is 1. The average molecular weight is 418 g/mol. The van der Waals surface area contributed by atoms with Gasteiger partial charge in [0.25, 0.3) is 5.91 Å². The maximum Gasteiger partial charge on any atom is 0.267 e. The molecule has 3 aromatic rings. The maximum atomic E-state index is 12.3. The van der Waals surface area contributed by atoms with E-state index in [1.54, 1.807) is 24.3 Å². The van der Waals surface area contributed by atoms with Crippen LogP contribution in [0.15, 0.2) is 90.6 Å². The van der Waals surface area contributed by atoms with E-state index < -0.39 is 5.91 Å². The zero-order valence-electron chi connectivity index (χ0n) is 16.1. The molecule has 0 aliphatic carbocycles. The van der Waals surface area contributed by atoms with Gasteiger partial charge in [0.05, 0.1) is 0 Å². The fraction of sp³-hybridized carbons (Fsp3) is 0.0833. The van der Waals surface area contributed by atoms with Crippen LogP contribution in [0, 0.1) is 11.3 Å². The van der Waals surface area contributed by atoms with Gasteiger partial charge in [-0.25, -0.2) is 0 Å². The predicted molar refractivity (Wildman–Crippen MR) is 118 cm³/mol. The molecule has 0 bridgehead atoms. The number of halogens is 1. The summed E-state index contributed by atoms with van der Waals surface area (Å²) in [7, 11) is 0. The number of nitriles is 1. The van der Waals surface area contributed by atoms with Crippen molar-refractivity contribution in [3.05, 3.63) is 101 Å². The van der Waals surface area contributed by atoms with Crippen molar-refractivity contribution in [2.45, 2.75) is 6.42 Å². The summed E-state index contributed by atoms with van der Waals surface area (Å²) < 4.78 is 5.72. The Kier molecular flexibility index (Phi) is 7.48. The number of para-hydroxylation sites is 1. The van der Waals surface area contributed by atoms with Gasteiger partial charge in [-0.05, 0) is 60.5 Å². The van der Waals surface area contributed by atoms with E-state index in [1.165, 1.54) is 6.20 Å². The number of nitrogens with one attached hydrogen (secondary N) is 2. The van der Waals surface area contributed by atoms with E-state index >= 15 is 0 Å². The van der Waals surface area contributed by atoms with Crippen LogP contribution in [0.5, 0.6) is 11.5 Å². The van der Waals surface area contributed by atoms with Crippen LogP contribution in [0.1, 0.15) is 5.56 Å². The van der Waals surface area contributed by atoms with E-state index in [9.17, 15) is 10.1 Å². The minimum absolute atomic E-state index is 0.00861. The molecule has 3 aromatic carbocycles. The Morgan fingerprint density at radius 2 is 1.73 bits per heavy atom. The first-order valence-electron chi connectivity index (χ1n) is 9.36. The van der Waals surface area contributed by atoms with Gasteiger partial charge < -0.3 is 15.4 Å². The van der Waals surface area contributed by atoms with Crippen LogP contribution in [0.3, 0.4) is 0 Å². The first kappa shape index (κ1) is 21.0. The van der Waals surface area contributed by atoms with Crippen molar-refractivity contribution in [1.82, 2.24) is 5.32 Å². The molecular formula is C24H20ClN3O2. The summed E-state index contributed by atoms with van der Waals surface area (Å²) in [5, 5.41) is 15.7. The molecule has 3 rings (SSSR count). The van der Waals surface area contributed by atoms with Crippen molar-refractivity contribution in [2.75, 3.05) is 11.9 Å². The Morgan fingerprint density at radius 1 is 1.00 bits per heavy atom. The third kappa shape index (κ3) is 6.40. The normalized spacial score (nSPS) is 10.7. The van der Waals surface area contributed by atoms with Gasteiger partial charge in [-0.2, -0.15) is 5.26 Å². The molecule has 2 N–H and O–H groups in total. The predicted octanol–water partition coefficient (Wildman–Crippen LogP) is 5.31. The molecule has 6 heteroatoms. The van der Waals surface area contributed by atoms with Gasteiger partial charge in [0.1, 0.15) is 23.1 Å². The molecule has 150 valence electrons. The zero-order valence-corrected chi connectivity index (χ0v) is 16.9. The number of nitrogens with zero attached hydrogens (tertiary/aromatic N) is 1. The minimum Gasteiger partial charge on any atom is -0.457 e. The van der Waals surface area contributed by atoms with Crippen LogP contribution in [0.25, 0.3) is 0 Å². The summed E-state index contributed by atoms with van der Waals surface area (Å²) in [6.45, 7) is 0.574. The molecule has 0 saturated heterocycles. The number of ether oxygens (including phenoxy) is 1. The molecule has 0 fully saturated rings. The Morgan fingerprint density at radius 3 is 2.43 bits per heavy atom. The summed E-state index contributed by atoms with van der Waals surface area (Å²) in [5.74, 6) is 0.898. The quantitative estimate of drug-likeness (QED) is 0.296. The third-order valence-corrected chi connectivity index (χ3v) is 4.38. The van der Waals surface area contributed by atoms with Crippen LogP contribution in [0.2, 0.25) is 5.02 Å². The number of hydrogen-bond donors (Lipinski definition) is 2. The fourth-order valence-corrected chi connectivity index (χ4v) is 2.87. The Hall–Kier alpha value is -3.75. The van der Waals surface area contributed by atoms with E-state index in [1.807, 2.05) is 60.7 Å². The first-order chi connectivity index (χ1) is 14.6. The van der Waals surface area contributed by atoms with Crippen molar-refractivity contribution in [3.63, 3.8) is 0 Å². The van der Waals surface area contributed by atoms with Crippen molar-refractivity contribution in [3.8, 4) is 17.6 Å². The molecule has 0 aliphatic rings. The molecule has 0 atom stereocenters. The highest BCUT2D eigenvalue weighted by atomic mass is 35.5. The molecule has 0 aromatic heterocycles. The molecule has 0 saturated carbocycles. The second kappa shape index (κ2) is 10.7. The topological polar surface area (TPSA) is 74.2 Å². The van der Waals surface area contributed by atoms with Crippen molar-refractivity contribution in [1.29, 1.82) is 5.26 Å². The van der Waals surface area contributed by atoms with Gasteiger partial charge in [0.2, 0.25) is 0 Å². The fourth-order valence-electron chi connectivity index (χ4n) is 2.66. The Labute approximate surface area is 180 Å². The zero-order chi connectivity index (χ0) is 21.2. The van der Waals surface area contributed by atoms with E-state index in [4.69, 9.17) is 16.3 Å². The number of hydrogen-bond acceptors (Lipinski definition) is 4. The van der Waals surface area contributed by atoms with Crippen LogP contribution in [-0.2, 0) is 11.2 Å². The second-order valence-electron chi connectivity index (χ2n) is 6.40. The van der Waals surface area contributed by atoms with Gasteiger partial charge in [0.15, 0.2) is 0 Å². The van der Waals surface area contributed by atoms with Crippen LogP contribution >= 0.6 is 11.6 Å². The third-order valence-electron chi connectivity index (χ3n) is 4.15. The maximum absolute atomic E-state index is 12.3. The summed E-state index contributed by atoms with van der Waals surface area (Å²) >= 11 is 5.96. The lowest BCUT2D eigenvalue weighted by molar-refractivity contribution is -0.112. The first-order valence-corrected chi connectivity index (χ1v) is 9.74. The molecule has 30 heavy (non-hydrogen) atoms. The number of amides is 1. The van der Waals surface area contributed by atoms with Crippen LogP contribution in [0.4, 0.5) is 5.69 Å². The highest BCUT2D eigenvalue weighted by Crippen LogP contribution is 2.22. The molecule has 0 heterocycles. The molecule has 0 radical (unpaired) electrons. The largest absolute Gasteiger partial charge is 0.457 e. The number of anilines is 1. The minimum atomic E-state index is -0.482. The van der Waals surface area contributed by atoms with Crippen molar-refractivity contribution < 1.29 is 9.53 Å². The molecule has 0 aliphatic heterocycles. The SMILES string of the molecule is N#C/C(=C/NCCc1cccc(Cl)c1)C(=O)Nc1ccc(Oc2ccccc2)cc1. The Balaban J connectivity index is 1.51. The monoisotopic (exact) mass is 417 g/mol. The number of benzene rings is 3. The lowest BCUT2D eigenvalue weighted by atomic mass is 10.1. The molecule has 5 nitrogen and oxygen atoms in total. The standard InChI is InChI=1S/C24H20ClN3O2/c25-20-6-4-5-18(15-20)13-14-27-17-19(16-26)24(29)28-21-9-11-23(12-10-21)30-22-7-2-1-3-8-22/h1-12,15,17,27H,13-14H2,(H,28,29)/b19-17-. The molecule has 0 unspecified atom stereocenters. The van der Waals surface area contributed by atoms with Crippen molar-refractivity contribution >= 4 is 23.2 Å². The molecule has 1 amide bonds. The van der Waals surface area contributed by atoms with Gasteiger partial charge in [-0.15, -0.1) is 0 Å². The molecule has 0 spiro atoms. The van der Waals surface area contributed by atoms with E-state index in [0.29, 0.717) is 23.0 Å². The molecular weight excluding hydrogens is 398 g/mol. The van der Waals surface area contributed by atoms with Crippen LogP contribution in [-0.4, -0.2) is 12.5 Å². The average Bonchev–Trinajstić information content (AvgIpc) is 2.76. The number of rotatable bonds is 8. The summed E-state index contributed by atoms with van der Waals surface area (Å²) in [5.41, 5.74) is 1.63.